The highest BCUT2D eigenvalue weighted by molar-refractivity contribution is 4.89. The van der Waals surface area contributed by atoms with Gasteiger partial charge in [0.1, 0.15) is 0 Å². The van der Waals surface area contributed by atoms with Crippen LogP contribution < -0.4 is 0 Å². The molecular weight excluding hydrogens is 159 g/mol. The number of hydrogen-bond donors (Lipinski definition) is 0. The fraction of sp³-hybridized carbons (Fsp3) is 0.833. The van der Waals surface area contributed by atoms with Crippen LogP contribution in [0.3, 0.4) is 0 Å². The van der Waals surface area contributed by atoms with Crippen LogP contribution in [0.15, 0.2) is 0 Å². The van der Waals surface area contributed by atoms with Crippen LogP contribution in [0.1, 0.15) is 0 Å². The Hall–Kier alpha value is -0.290. The molecule has 1 atom stereocenters. The molecule has 0 aromatic rings. The lowest BCUT2D eigenvalue weighted by atomic mass is 10.3. The molecule has 11 heavy (non-hydrogen) atoms. The van der Waals surface area contributed by atoms with E-state index in [9.17, 15) is 13.2 Å². The lowest BCUT2D eigenvalue weighted by Crippen LogP contribution is -2.26. The first-order chi connectivity index (χ1) is 4.97. The van der Waals surface area contributed by atoms with Gasteiger partial charge < -0.3 is 4.90 Å². The molecule has 1 fully saturated rings. The van der Waals surface area contributed by atoms with Gasteiger partial charge in [0, 0.05) is 19.5 Å². The van der Waals surface area contributed by atoms with Crippen molar-refractivity contribution < 1.29 is 17.9 Å². The first kappa shape index (κ1) is 8.80. The summed E-state index contributed by atoms with van der Waals surface area (Å²) in [4.78, 5) is 1.76. The van der Waals surface area contributed by atoms with Crippen molar-refractivity contribution in [1.82, 2.24) is 4.90 Å². The zero-order valence-corrected chi connectivity index (χ0v) is 6.06. The minimum atomic E-state index is -4.51. The van der Waals surface area contributed by atoms with Crippen molar-refractivity contribution in [1.29, 1.82) is 0 Å². The van der Waals surface area contributed by atoms with Gasteiger partial charge in [-0.25, -0.2) is 0 Å². The molecule has 1 rings (SSSR count). The lowest BCUT2D eigenvalue weighted by Gasteiger charge is -2.13. The summed E-state index contributed by atoms with van der Waals surface area (Å²) in [6.07, 6.45) is -3.79. The molecule has 1 radical (unpaired) electrons. The van der Waals surface area contributed by atoms with Crippen molar-refractivity contribution in [2.24, 2.45) is 0 Å². The quantitative estimate of drug-likeness (QED) is 0.580. The average Bonchev–Trinajstić information content (AvgIpc) is 2.10. The van der Waals surface area contributed by atoms with Gasteiger partial charge in [-0.05, 0) is 7.05 Å². The van der Waals surface area contributed by atoms with Crippen LogP contribution in [-0.4, -0.2) is 37.5 Å². The third kappa shape index (κ3) is 3.07. The maximum absolute atomic E-state index is 11.6. The summed E-state index contributed by atoms with van der Waals surface area (Å²) in [5, 5.41) is 0. The fourth-order valence-corrected chi connectivity index (χ4v) is 1.01. The molecule has 0 spiro atoms. The number of likely N-dealkylation sites (N-methyl/N-ethyl adjacent to an activating group) is 1. The van der Waals surface area contributed by atoms with Crippen molar-refractivity contribution in [2.75, 3.05) is 20.1 Å². The van der Waals surface area contributed by atoms with E-state index in [-0.39, 0.29) is 0 Å². The minimum Gasteiger partial charge on any atom is -0.303 e. The van der Waals surface area contributed by atoms with E-state index >= 15 is 0 Å². The predicted molar refractivity (Wildman–Crippen MR) is 32.7 cm³/mol. The molecule has 0 aromatic carbocycles. The summed E-state index contributed by atoms with van der Waals surface area (Å²) in [6, 6.07) is 0. The van der Waals surface area contributed by atoms with Crippen LogP contribution in [0.2, 0.25) is 0 Å². The Morgan fingerprint density at radius 1 is 1.55 bits per heavy atom. The number of alkyl halides is 3. The summed E-state index contributed by atoms with van der Waals surface area (Å²) in [5.41, 5.74) is 0. The Balaban J connectivity index is 2.29. The molecule has 5 heteroatoms. The van der Waals surface area contributed by atoms with Gasteiger partial charge in [0.05, 0.1) is 6.10 Å². The summed E-state index contributed by atoms with van der Waals surface area (Å²) in [7, 11) is 1.75. The first-order valence-corrected chi connectivity index (χ1v) is 3.24. The van der Waals surface area contributed by atoms with Crippen LogP contribution in [0.5, 0.6) is 0 Å². The highest BCUT2D eigenvalue weighted by Gasteiger charge is 2.35. The number of likely N-dealkylation sites (tertiary alicyclic amines) is 1. The van der Waals surface area contributed by atoms with Gasteiger partial charge in [0.2, 0.25) is 0 Å². The van der Waals surface area contributed by atoms with Gasteiger partial charge in [-0.15, -0.1) is 13.2 Å². The van der Waals surface area contributed by atoms with Crippen LogP contribution in [-0.2, 0) is 4.74 Å². The molecule has 0 bridgehead atoms. The van der Waals surface area contributed by atoms with E-state index in [0.29, 0.717) is 13.1 Å². The van der Waals surface area contributed by atoms with Crippen molar-refractivity contribution >= 4 is 0 Å². The topological polar surface area (TPSA) is 12.5 Å². The number of rotatable bonds is 1. The number of halogens is 3. The Morgan fingerprint density at radius 2 is 2.18 bits per heavy atom. The molecule has 1 aliphatic rings. The second kappa shape index (κ2) is 2.98. The largest absolute Gasteiger partial charge is 0.522 e. The summed E-state index contributed by atoms with van der Waals surface area (Å²) < 4.78 is 38.5. The molecular formula is C6H9F3NO. The Bertz CT molecular complexity index is 136. The molecule has 1 heterocycles. The molecule has 0 aromatic heterocycles. The molecule has 2 nitrogen and oxygen atoms in total. The zero-order chi connectivity index (χ0) is 8.48. The van der Waals surface area contributed by atoms with E-state index in [4.69, 9.17) is 0 Å². The second-order valence-electron chi connectivity index (χ2n) is 2.56. The Labute approximate surface area is 62.9 Å². The smallest absolute Gasteiger partial charge is 0.303 e. The molecule has 1 saturated heterocycles. The standard InChI is InChI=1S/C6H9F3NO/c1-10-3-2-5(4-10)11-6(7,8)9/h2,5H,3-4H2,1H3. The number of nitrogens with zero attached hydrogens (tertiary/aromatic N) is 1. The van der Waals surface area contributed by atoms with Gasteiger partial charge in [-0.1, -0.05) is 0 Å². The summed E-state index contributed by atoms with van der Waals surface area (Å²) in [5.74, 6) is 0. The normalized spacial score (nSPS) is 27.8. The maximum Gasteiger partial charge on any atom is 0.522 e. The molecule has 0 amide bonds. The van der Waals surface area contributed by atoms with E-state index in [1.807, 2.05) is 0 Å². The minimum absolute atomic E-state index is 0.319. The van der Waals surface area contributed by atoms with Gasteiger partial charge in [0.15, 0.2) is 0 Å². The van der Waals surface area contributed by atoms with E-state index in [2.05, 4.69) is 4.74 Å². The zero-order valence-electron chi connectivity index (χ0n) is 6.06. The third-order valence-electron chi connectivity index (χ3n) is 1.46. The molecule has 1 aliphatic heterocycles. The van der Waals surface area contributed by atoms with Gasteiger partial charge in [0.25, 0.3) is 0 Å². The molecule has 1 unspecified atom stereocenters. The van der Waals surface area contributed by atoms with E-state index in [1.54, 1.807) is 11.9 Å². The van der Waals surface area contributed by atoms with Crippen LogP contribution in [0.25, 0.3) is 0 Å². The molecule has 0 saturated carbocycles. The van der Waals surface area contributed by atoms with Crippen LogP contribution in [0, 0.1) is 6.42 Å². The summed E-state index contributed by atoms with van der Waals surface area (Å²) >= 11 is 0. The summed E-state index contributed by atoms with van der Waals surface area (Å²) in [6.45, 7) is 0.875. The Morgan fingerprint density at radius 3 is 2.55 bits per heavy atom. The van der Waals surface area contributed by atoms with Crippen molar-refractivity contribution in [3.05, 3.63) is 6.42 Å². The predicted octanol–water partition coefficient (Wildman–Crippen LogP) is 1.04. The Kier molecular flexibility index (Phi) is 2.39. The van der Waals surface area contributed by atoms with Gasteiger partial charge in [-0.3, -0.25) is 4.74 Å². The third-order valence-corrected chi connectivity index (χ3v) is 1.46. The molecule has 0 aliphatic carbocycles. The SMILES string of the molecule is CN1C[CH]C(OC(F)(F)F)C1. The lowest BCUT2D eigenvalue weighted by molar-refractivity contribution is -0.336. The van der Waals surface area contributed by atoms with Crippen LogP contribution >= 0.6 is 0 Å². The van der Waals surface area contributed by atoms with Gasteiger partial charge >= 0.3 is 6.36 Å². The fourth-order valence-electron chi connectivity index (χ4n) is 1.01. The average molecular weight is 168 g/mol. The molecule has 65 valence electrons. The van der Waals surface area contributed by atoms with Crippen molar-refractivity contribution in [2.45, 2.75) is 12.5 Å². The monoisotopic (exact) mass is 168 g/mol. The maximum atomic E-state index is 11.6. The van der Waals surface area contributed by atoms with E-state index < -0.39 is 12.5 Å². The highest BCUT2D eigenvalue weighted by Crippen LogP contribution is 2.22. The number of hydrogen-bond acceptors (Lipinski definition) is 2. The first-order valence-electron chi connectivity index (χ1n) is 3.24. The van der Waals surface area contributed by atoms with Crippen LogP contribution in [0.4, 0.5) is 13.2 Å². The highest BCUT2D eigenvalue weighted by atomic mass is 19.4. The van der Waals surface area contributed by atoms with Crippen molar-refractivity contribution in [3.63, 3.8) is 0 Å². The second-order valence-corrected chi connectivity index (χ2v) is 2.56. The van der Waals surface area contributed by atoms with Gasteiger partial charge in [-0.2, -0.15) is 0 Å². The van der Waals surface area contributed by atoms with Crippen molar-refractivity contribution in [3.8, 4) is 0 Å². The number of ether oxygens (including phenoxy) is 1. The van der Waals surface area contributed by atoms with E-state index in [1.165, 1.54) is 6.42 Å². The van der Waals surface area contributed by atoms with E-state index in [0.717, 1.165) is 0 Å². The molecule has 0 N–H and O–H groups in total.